The third-order valence-electron chi connectivity index (χ3n) is 6.18. The standard InChI is InChI=1S/C28H31FN2O4S/c1-19(2)16-30(28(33)20-8-10-21(34-3)11-9-20)17-27(32)31-14-12-26-22(13-15-36-26)24(31)18-35-25-7-5-4-6-23(25)29/h4-11,13,15,19,24H,12,14,16-18H2,1-3H3/t24-/m1/s1. The van der Waals surface area contributed by atoms with Gasteiger partial charge in [0.15, 0.2) is 11.6 Å². The Kier molecular flexibility index (Phi) is 8.25. The molecule has 1 aromatic heterocycles. The van der Waals surface area contributed by atoms with E-state index >= 15 is 0 Å². The molecule has 0 unspecified atom stereocenters. The maximum absolute atomic E-state index is 14.2. The van der Waals surface area contributed by atoms with Crippen LogP contribution in [0.15, 0.2) is 60.0 Å². The Bertz CT molecular complexity index is 1190. The molecular weight excluding hydrogens is 479 g/mol. The van der Waals surface area contributed by atoms with Crippen LogP contribution in [0.4, 0.5) is 4.39 Å². The molecule has 2 amide bonds. The van der Waals surface area contributed by atoms with Crippen molar-refractivity contribution < 1.29 is 23.5 Å². The van der Waals surface area contributed by atoms with Gasteiger partial charge >= 0.3 is 0 Å². The third-order valence-corrected chi connectivity index (χ3v) is 7.18. The number of carbonyl (C=O) groups is 2. The molecule has 2 aromatic carbocycles. The molecule has 0 radical (unpaired) electrons. The van der Waals surface area contributed by atoms with Gasteiger partial charge in [-0.3, -0.25) is 9.59 Å². The van der Waals surface area contributed by atoms with Gasteiger partial charge in [0.05, 0.1) is 13.2 Å². The molecule has 36 heavy (non-hydrogen) atoms. The summed E-state index contributed by atoms with van der Waals surface area (Å²) in [7, 11) is 1.57. The normalized spacial score (nSPS) is 14.9. The predicted octanol–water partition coefficient (Wildman–Crippen LogP) is 5.20. The van der Waals surface area contributed by atoms with E-state index in [1.807, 2.05) is 25.3 Å². The van der Waals surface area contributed by atoms with Crippen molar-refractivity contribution in [2.24, 2.45) is 5.92 Å². The van der Waals surface area contributed by atoms with Crippen molar-refractivity contribution in [1.29, 1.82) is 0 Å². The zero-order valence-electron chi connectivity index (χ0n) is 20.8. The van der Waals surface area contributed by atoms with Gasteiger partial charge in [-0.25, -0.2) is 4.39 Å². The highest BCUT2D eigenvalue weighted by atomic mass is 32.1. The van der Waals surface area contributed by atoms with Gasteiger partial charge in [0.25, 0.3) is 5.91 Å². The minimum atomic E-state index is -0.440. The number of methoxy groups -OCH3 is 1. The molecule has 0 bridgehead atoms. The molecule has 8 heteroatoms. The number of benzene rings is 2. The first kappa shape index (κ1) is 25.7. The fourth-order valence-electron chi connectivity index (χ4n) is 4.44. The predicted molar refractivity (Wildman–Crippen MR) is 138 cm³/mol. The highest BCUT2D eigenvalue weighted by Gasteiger charge is 2.34. The Morgan fingerprint density at radius 1 is 1.14 bits per heavy atom. The van der Waals surface area contributed by atoms with Crippen LogP contribution in [0.2, 0.25) is 0 Å². The van der Waals surface area contributed by atoms with Crippen LogP contribution < -0.4 is 9.47 Å². The van der Waals surface area contributed by atoms with Crippen LogP contribution in [0, 0.1) is 11.7 Å². The molecule has 1 aliphatic heterocycles. The average Bonchev–Trinajstić information content (AvgIpc) is 3.36. The number of amides is 2. The monoisotopic (exact) mass is 510 g/mol. The number of ether oxygens (including phenoxy) is 2. The molecule has 1 aliphatic rings. The Labute approximate surface area is 215 Å². The van der Waals surface area contributed by atoms with Crippen LogP contribution in [0.25, 0.3) is 0 Å². The number of hydrogen-bond acceptors (Lipinski definition) is 5. The molecule has 0 aliphatic carbocycles. The van der Waals surface area contributed by atoms with E-state index in [0.29, 0.717) is 24.4 Å². The Balaban J connectivity index is 1.53. The first-order valence-electron chi connectivity index (χ1n) is 12.0. The van der Waals surface area contributed by atoms with E-state index in [1.165, 1.54) is 10.9 Å². The van der Waals surface area contributed by atoms with Gasteiger partial charge in [0, 0.05) is 23.5 Å². The Hall–Kier alpha value is -3.39. The van der Waals surface area contributed by atoms with Crippen molar-refractivity contribution >= 4 is 23.2 Å². The Morgan fingerprint density at radius 2 is 1.89 bits per heavy atom. The maximum Gasteiger partial charge on any atom is 0.254 e. The van der Waals surface area contributed by atoms with Crippen LogP contribution in [-0.2, 0) is 11.2 Å². The van der Waals surface area contributed by atoms with E-state index in [-0.39, 0.29) is 42.7 Å². The molecule has 0 spiro atoms. The van der Waals surface area contributed by atoms with E-state index in [9.17, 15) is 14.0 Å². The first-order chi connectivity index (χ1) is 17.4. The SMILES string of the molecule is COc1ccc(C(=O)N(CC(=O)N2CCc3sccc3[C@H]2COc2ccccc2F)CC(C)C)cc1. The van der Waals surface area contributed by atoms with Crippen molar-refractivity contribution in [2.45, 2.75) is 26.3 Å². The van der Waals surface area contributed by atoms with Crippen molar-refractivity contribution in [3.63, 3.8) is 0 Å². The number of nitrogens with zero attached hydrogens (tertiary/aromatic N) is 2. The van der Waals surface area contributed by atoms with E-state index in [1.54, 1.807) is 70.7 Å². The molecule has 0 saturated carbocycles. The van der Waals surface area contributed by atoms with Crippen molar-refractivity contribution in [3.05, 3.63) is 81.8 Å². The molecule has 3 aromatic rings. The summed E-state index contributed by atoms with van der Waals surface area (Å²) in [4.78, 5) is 31.5. The summed E-state index contributed by atoms with van der Waals surface area (Å²) >= 11 is 1.65. The van der Waals surface area contributed by atoms with Gasteiger partial charge in [-0.15, -0.1) is 11.3 Å². The van der Waals surface area contributed by atoms with Crippen LogP contribution in [0.5, 0.6) is 11.5 Å². The van der Waals surface area contributed by atoms with Crippen molar-refractivity contribution in [2.75, 3.05) is 33.4 Å². The lowest BCUT2D eigenvalue weighted by molar-refractivity contribution is -0.135. The minimum absolute atomic E-state index is 0.0429. The van der Waals surface area contributed by atoms with Crippen LogP contribution in [0.1, 0.15) is 40.7 Å². The summed E-state index contributed by atoms with van der Waals surface area (Å²) < 4.78 is 25.2. The minimum Gasteiger partial charge on any atom is -0.497 e. The zero-order chi connectivity index (χ0) is 25.7. The van der Waals surface area contributed by atoms with E-state index in [0.717, 1.165) is 12.0 Å². The summed E-state index contributed by atoms with van der Waals surface area (Å²) in [6, 6.07) is 14.8. The van der Waals surface area contributed by atoms with E-state index in [4.69, 9.17) is 9.47 Å². The lowest BCUT2D eigenvalue weighted by Gasteiger charge is -2.37. The van der Waals surface area contributed by atoms with Gasteiger partial charge in [0.1, 0.15) is 18.9 Å². The van der Waals surface area contributed by atoms with Crippen LogP contribution in [-0.4, -0.2) is 55.0 Å². The molecule has 6 nitrogen and oxygen atoms in total. The highest BCUT2D eigenvalue weighted by Crippen LogP contribution is 2.34. The molecule has 2 heterocycles. The lowest BCUT2D eigenvalue weighted by Crippen LogP contribution is -2.48. The number of rotatable bonds is 9. The van der Waals surface area contributed by atoms with Crippen LogP contribution in [0.3, 0.4) is 0 Å². The molecule has 190 valence electrons. The fraction of sp³-hybridized carbons (Fsp3) is 0.357. The number of hydrogen-bond donors (Lipinski definition) is 0. The molecule has 0 N–H and O–H groups in total. The fourth-order valence-corrected chi connectivity index (χ4v) is 5.36. The highest BCUT2D eigenvalue weighted by molar-refractivity contribution is 7.10. The average molecular weight is 511 g/mol. The van der Waals surface area contributed by atoms with Crippen molar-refractivity contribution in [3.8, 4) is 11.5 Å². The van der Waals surface area contributed by atoms with Crippen molar-refractivity contribution in [1.82, 2.24) is 9.80 Å². The van der Waals surface area contributed by atoms with E-state index in [2.05, 4.69) is 0 Å². The number of para-hydroxylation sites is 1. The number of carbonyl (C=O) groups excluding carboxylic acids is 2. The van der Waals surface area contributed by atoms with Gasteiger partial charge in [-0.05, 0) is 65.7 Å². The third kappa shape index (κ3) is 5.87. The second-order valence-electron chi connectivity index (χ2n) is 9.20. The van der Waals surface area contributed by atoms with Gasteiger partial charge < -0.3 is 19.3 Å². The topological polar surface area (TPSA) is 59.1 Å². The lowest BCUT2D eigenvalue weighted by atomic mass is 10.00. The van der Waals surface area contributed by atoms with Gasteiger partial charge in [0.2, 0.25) is 5.91 Å². The quantitative estimate of drug-likeness (QED) is 0.397. The summed E-state index contributed by atoms with van der Waals surface area (Å²) in [5.41, 5.74) is 1.52. The molecule has 4 rings (SSSR count). The molecule has 1 atom stereocenters. The van der Waals surface area contributed by atoms with Gasteiger partial charge in [-0.1, -0.05) is 26.0 Å². The smallest absolute Gasteiger partial charge is 0.254 e. The second kappa shape index (κ2) is 11.6. The zero-order valence-corrected chi connectivity index (χ0v) is 21.6. The van der Waals surface area contributed by atoms with E-state index < -0.39 is 5.82 Å². The summed E-state index contributed by atoms with van der Waals surface area (Å²) in [5.74, 6) is 0.206. The number of halogens is 1. The van der Waals surface area contributed by atoms with Gasteiger partial charge in [-0.2, -0.15) is 0 Å². The molecular formula is C28H31FN2O4S. The Morgan fingerprint density at radius 3 is 2.58 bits per heavy atom. The summed E-state index contributed by atoms with van der Waals surface area (Å²) in [6.45, 7) is 5.09. The summed E-state index contributed by atoms with van der Waals surface area (Å²) in [6.07, 6.45) is 0.742. The summed E-state index contributed by atoms with van der Waals surface area (Å²) in [5, 5.41) is 2.01. The first-order valence-corrected chi connectivity index (χ1v) is 12.9. The molecule has 0 saturated heterocycles. The number of thiophene rings is 1. The number of fused-ring (bicyclic) bond motifs is 1. The van der Waals surface area contributed by atoms with Crippen LogP contribution >= 0.6 is 11.3 Å². The molecule has 0 fully saturated rings. The maximum atomic E-state index is 14.2. The largest absolute Gasteiger partial charge is 0.497 e. The second-order valence-corrected chi connectivity index (χ2v) is 10.2.